The monoisotopic (exact) mass is 428 g/mol. The Morgan fingerprint density at radius 3 is 2.31 bits per heavy atom. The Morgan fingerprint density at radius 2 is 1.54 bits per heavy atom. The first-order valence-electron chi connectivity index (χ1n) is 8.23. The van der Waals surface area contributed by atoms with Crippen molar-refractivity contribution in [2.75, 3.05) is 5.32 Å². The number of fused-ring (bicyclic) bond motifs is 1. The van der Waals surface area contributed by atoms with E-state index < -0.39 is 16.2 Å². The molecule has 0 saturated heterocycles. The minimum absolute atomic E-state index is 0.288. The molecule has 0 radical (unpaired) electrons. The molecule has 0 aliphatic carbocycles. The van der Waals surface area contributed by atoms with Crippen LogP contribution in [-0.4, -0.2) is 12.7 Å². The van der Waals surface area contributed by atoms with E-state index in [1.54, 1.807) is 18.2 Å². The van der Waals surface area contributed by atoms with E-state index in [1.807, 2.05) is 60.7 Å². The molecule has 0 amide bonds. The Bertz CT molecular complexity index is 1040. The predicted molar refractivity (Wildman–Crippen MR) is 106 cm³/mol. The smallest absolute Gasteiger partial charge is 0.247 e. The third-order valence-corrected chi connectivity index (χ3v) is 7.03. The molecule has 6 heteroatoms. The van der Waals surface area contributed by atoms with Crippen LogP contribution in [0.4, 0.5) is 5.69 Å². The molecule has 132 valence electrons. The first-order chi connectivity index (χ1) is 12.6. The van der Waals surface area contributed by atoms with Gasteiger partial charge in [0.25, 0.3) is 0 Å². The van der Waals surface area contributed by atoms with Crippen LogP contribution in [0, 0.1) is 0 Å². The van der Waals surface area contributed by atoms with E-state index in [1.165, 1.54) is 4.31 Å². The third-order valence-electron chi connectivity index (χ3n) is 4.43. The van der Waals surface area contributed by atoms with Crippen molar-refractivity contribution < 1.29 is 8.42 Å². The maximum absolute atomic E-state index is 13.4. The zero-order valence-corrected chi connectivity index (χ0v) is 16.2. The minimum atomic E-state index is -3.65. The highest BCUT2D eigenvalue weighted by Crippen LogP contribution is 2.40. The van der Waals surface area contributed by atoms with Crippen molar-refractivity contribution in [3.05, 3.63) is 94.5 Å². The van der Waals surface area contributed by atoms with Gasteiger partial charge in [0, 0.05) is 16.6 Å². The van der Waals surface area contributed by atoms with Crippen LogP contribution >= 0.6 is 15.9 Å². The Balaban J connectivity index is 1.86. The van der Waals surface area contributed by atoms with Crippen molar-refractivity contribution in [2.24, 2.45) is 0 Å². The summed E-state index contributed by atoms with van der Waals surface area (Å²) in [4.78, 5) is 0.305. The van der Waals surface area contributed by atoms with E-state index in [4.69, 9.17) is 0 Å². The molecule has 4 rings (SSSR count). The van der Waals surface area contributed by atoms with Crippen molar-refractivity contribution in [1.29, 1.82) is 0 Å². The SMILES string of the molecule is O=S1(=O)c2ccccc2N[C@H](c2ccccc2Br)N1Cc1ccccc1. The van der Waals surface area contributed by atoms with Gasteiger partial charge in [-0.15, -0.1) is 0 Å². The Kier molecular flexibility index (Phi) is 4.56. The molecule has 0 saturated carbocycles. The Labute approximate surface area is 161 Å². The number of hydrogen-bond acceptors (Lipinski definition) is 3. The van der Waals surface area contributed by atoms with Gasteiger partial charge in [-0.3, -0.25) is 0 Å². The van der Waals surface area contributed by atoms with E-state index >= 15 is 0 Å². The number of para-hydroxylation sites is 1. The highest BCUT2D eigenvalue weighted by molar-refractivity contribution is 9.10. The number of rotatable bonds is 3. The number of nitrogens with zero attached hydrogens (tertiary/aromatic N) is 1. The van der Waals surface area contributed by atoms with Crippen LogP contribution in [0.5, 0.6) is 0 Å². The van der Waals surface area contributed by atoms with Gasteiger partial charge in [0.2, 0.25) is 10.0 Å². The van der Waals surface area contributed by atoms with E-state index in [0.29, 0.717) is 10.6 Å². The van der Waals surface area contributed by atoms with E-state index in [2.05, 4.69) is 21.2 Å². The number of sulfonamides is 1. The normalized spacial score (nSPS) is 18.7. The van der Waals surface area contributed by atoms with Crippen LogP contribution in [0.3, 0.4) is 0 Å². The summed E-state index contributed by atoms with van der Waals surface area (Å²) in [6.45, 7) is 0.288. The molecular weight excluding hydrogens is 412 g/mol. The van der Waals surface area contributed by atoms with Crippen LogP contribution in [0.2, 0.25) is 0 Å². The Hall–Kier alpha value is -2.15. The highest BCUT2D eigenvalue weighted by atomic mass is 79.9. The van der Waals surface area contributed by atoms with E-state index in [0.717, 1.165) is 15.6 Å². The quantitative estimate of drug-likeness (QED) is 0.653. The summed E-state index contributed by atoms with van der Waals surface area (Å²) in [5.74, 6) is 0. The molecular formula is C20H17BrN2O2S. The summed E-state index contributed by atoms with van der Waals surface area (Å²) in [5, 5.41) is 3.40. The lowest BCUT2D eigenvalue weighted by Crippen LogP contribution is -2.42. The van der Waals surface area contributed by atoms with Crippen molar-refractivity contribution in [3.8, 4) is 0 Å². The largest absolute Gasteiger partial charge is 0.364 e. The van der Waals surface area contributed by atoms with Gasteiger partial charge in [0.15, 0.2) is 0 Å². The molecule has 1 aliphatic heterocycles. The topological polar surface area (TPSA) is 49.4 Å². The van der Waals surface area contributed by atoms with Gasteiger partial charge in [-0.25, -0.2) is 8.42 Å². The molecule has 1 N–H and O–H groups in total. The number of anilines is 1. The zero-order valence-electron chi connectivity index (χ0n) is 13.8. The summed E-state index contributed by atoms with van der Waals surface area (Å²) in [7, 11) is -3.65. The number of benzene rings is 3. The predicted octanol–water partition coefficient (Wildman–Crippen LogP) is 4.76. The summed E-state index contributed by atoms with van der Waals surface area (Å²) in [5.41, 5.74) is 2.44. The van der Waals surface area contributed by atoms with Gasteiger partial charge < -0.3 is 5.32 Å². The second-order valence-corrected chi connectivity index (χ2v) is 8.81. The van der Waals surface area contributed by atoms with Gasteiger partial charge >= 0.3 is 0 Å². The van der Waals surface area contributed by atoms with Crippen LogP contribution in [0.1, 0.15) is 17.3 Å². The third kappa shape index (κ3) is 3.05. The number of hydrogen-bond donors (Lipinski definition) is 1. The molecule has 0 unspecified atom stereocenters. The van der Waals surface area contributed by atoms with Gasteiger partial charge in [0.05, 0.1) is 5.69 Å². The lowest BCUT2D eigenvalue weighted by Gasteiger charge is -2.37. The highest BCUT2D eigenvalue weighted by Gasteiger charge is 2.39. The fourth-order valence-corrected chi connectivity index (χ4v) is 5.34. The fourth-order valence-electron chi connectivity index (χ4n) is 3.16. The molecule has 26 heavy (non-hydrogen) atoms. The summed E-state index contributed by atoms with van der Waals surface area (Å²) in [6.07, 6.45) is -0.495. The molecule has 0 aromatic heterocycles. The van der Waals surface area contributed by atoms with Crippen molar-refractivity contribution >= 4 is 31.6 Å². The molecule has 0 fully saturated rings. The van der Waals surface area contributed by atoms with E-state index in [9.17, 15) is 8.42 Å². The summed E-state index contributed by atoms with van der Waals surface area (Å²) in [6, 6.07) is 24.4. The lowest BCUT2D eigenvalue weighted by atomic mass is 10.1. The average Bonchev–Trinajstić information content (AvgIpc) is 2.65. The van der Waals surface area contributed by atoms with Gasteiger partial charge in [-0.2, -0.15) is 4.31 Å². The molecule has 0 spiro atoms. The van der Waals surface area contributed by atoms with Crippen LogP contribution in [0.15, 0.2) is 88.2 Å². The van der Waals surface area contributed by atoms with Gasteiger partial charge in [0.1, 0.15) is 11.1 Å². The molecule has 3 aromatic carbocycles. The minimum Gasteiger partial charge on any atom is -0.364 e. The second-order valence-electron chi connectivity index (χ2n) is 6.10. The standard InChI is InChI=1S/C20H17BrN2O2S/c21-17-11-5-4-10-16(17)20-22-18-12-6-7-13-19(18)26(24,25)23(20)14-15-8-2-1-3-9-15/h1-13,20,22H,14H2/t20-/m0/s1. The Morgan fingerprint density at radius 1 is 0.885 bits per heavy atom. The maximum Gasteiger partial charge on any atom is 0.247 e. The maximum atomic E-state index is 13.4. The number of nitrogens with one attached hydrogen (secondary N) is 1. The fraction of sp³-hybridized carbons (Fsp3) is 0.100. The second kappa shape index (κ2) is 6.87. The van der Waals surface area contributed by atoms with Crippen molar-refractivity contribution in [2.45, 2.75) is 17.6 Å². The first-order valence-corrected chi connectivity index (χ1v) is 10.5. The van der Waals surface area contributed by atoms with Crippen molar-refractivity contribution in [3.63, 3.8) is 0 Å². The zero-order chi connectivity index (χ0) is 18.1. The molecule has 3 aromatic rings. The average molecular weight is 429 g/mol. The summed E-state index contributed by atoms with van der Waals surface area (Å²) >= 11 is 3.56. The molecule has 1 heterocycles. The van der Waals surface area contributed by atoms with E-state index in [-0.39, 0.29) is 6.54 Å². The van der Waals surface area contributed by atoms with Crippen molar-refractivity contribution in [1.82, 2.24) is 4.31 Å². The van der Waals surface area contributed by atoms with Gasteiger partial charge in [-0.05, 0) is 23.8 Å². The lowest BCUT2D eigenvalue weighted by molar-refractivity contribution is 0.335. The van der Waals surface area contributed by atoms with Crippen LogP contribution in [-0.2, 0) is 16.6 Å². The molecule has 1 aliphatic rings. The number of halogens is 1. The molecule has 0 bridgehead atoms. The molecule has 4 nitrogen and oxygen atoms in total. The first kappa shape index (κ1) is 17.3. The van der Waals surface area contributed by atoms with Crippen LogP contribution < -0.4 is 5.32 Å². The van der Waals surface area contributed by atoms with Gasteiger partial charge in [-0.1, -0.05) is 76.6 Å². The summed E-state index contributed by atoms with van der Waals surface area (Å²) < 4.78 is 29.1. The molecule has 1 atom stereocenters. The van der Waals surface area contributed by atoms with Crippen LogP contribution in [0.25, 0.3) is 0 Å².